The number of carbonyl (C=O) groups is 1. The first kappa shape index (κ1) is 14.6. The summed E-state index contributed by atoms with van der Waals surface area (Å²) in [5, 5.41) is 0. The van der Waals surface area contributed by atoms with Gasteiger partial charge in [0.05, 0.1) is 11.6 Å². The molecule has 0 unspecified atom stereocenters. The van der Waals surface area contributed by atoms with Crippen LogP contribution < -0.4 is 9.47 Å². The van der Waals surface area contributed by atoms with E-state index >= 15 is 0 Å². The molecule has 0 amide bonds. The molecule has 0 bridgehead atoms. The minimum absolute atomic E-state index is 0.0157. The number of benzene rings is 2. The summed E-state index contributed by atoms with van der Waals surface area (Å²) in [5.41, 5.74) is 1.74. The summed E-state index contributed by atoms with van der Waals surface area (Å²) in [6.07, 6.45) is 0. The molecule has 2 aromatic carbocycles. The summed E-state index contributed by atoms with van der Waals surface area (Å²) < 4.78 is 11.4. The third kappa shape index (κ3) is 3.61. The average Bonchev–Trinajstić information content (AvgIpc) is 2.46. The van der Waals surface area contributed by atoms with Crippen LogP contribution in [0.5, 0.6) is 11.5 Å². The van der Waals surface area contributed by atoms with Crippen molar-refractivity contribution >= 4 is 21.7 Å². The number of Topliss-reactive ketones (excluding diaryl/α,β-unsaturated/α-hetero) is 1. The van der Waals surface area contributed by atoms with Crippen molar-refractivity contribution in [1.29, 1.82) is 0 Å². The van der Waals surface area contributed by atoms with Crippen LogP contribution in [0.25, 0.3) is 0 Å². The molecule has 0 aliphatic carbocycles. The molecule has 2 aromatic rings. The zero-order valence-electron chi connectivity index (χ0n) is 11.4. The van der Waals surface area contributed by atoms with Crippen molar-refractivity contribution in [2.45, 2.75) is 6.92 Å². The Bertz CT molecular complexity index is 606. The summed E-state index contributed by atoms with van der Waals surface area (Å²) in [7, 11) is 1.59. The SMILES string of the molecule is COc1ccc(C(=O)COc2ccc(C)cc2)cc1Br. The van der Waals surface area contributed by atoms with Crippen LogP contribution in [0.2, 0.25) is 0 Å². The van der Waals surface area contributed by atoms with E-state index in [0.29, 0.717) is 17.1 Å². The molecule has 0 saturated carbocycles. The van der Waals surface area contributed by atoms with E-state index < -0.39 is 0 Å². The molecule has 4 heteroatoms. The predicted molar refractivity (Wildman–Crippen MR) is 81.7 cm³/mol. The second-order valence-corrected chi connectivity index (χ2v) is 5.23. The number of methoxy groups -OCH3 is 1. The van der Waals surface area contributed by atoms with Gasteiger partial charge in [0.25, 0.3) is 0 Å². The quantitative estimate of drug-likeness (QED) is 0.774. The van der Waals surface area contributed by atoms with Gasteiger partial charge in [0.2, 0.25) is 0 Å². The molecule has 0 saturated heterocycles. The van der Waals surface area contributed by atoms with E-state index in [2.05, 4.69) is 15.9 Å². The van der Waals surface area contributed by atoms with Crippen LogP contribution in [0.3, 0.4) is 0 Å². The van der Waals surface area contributed by atoms with Crippen molar-refractivity contribution in [2.24, 2.45) is 0 Å². The smallest absolute Gasteiger partial charge is 0.200 e. The van der Waals surface area contributed by atoms with Crippen LogP contribution in [0.1, 0.15) is 15.9 Å². The van der Waals surface area contributed by atoms with E-state index in [-0.39, 0.29) is 12.4 Å². The van der Waals surface area contributed by atoms with Gasteiger partial charge in [-0.15, -0.1) is 0 Å². The Morgan fingerprint density at radius 1 is 1.15 bits per heavy atom. The van der Waals surface area contributed by atoms with Gasteiger partial charge in [0.15, 0.2) is 12.4 Å². The van der Waals surface area contributed by atoms with Gasteiger partial charge in [-0.25, -0.2) is 0 Å². The number of hydrogen-bond acceptors (Lipinski definition) is 3. The van der Waals surface area contributed by atoms with Gasteiger partial charge >= 0.3 is 0 Å². The number of aryl methyl sites for hydroxylation is 1. The monoisotopic (exact) mass is 334 g/mol. The minimum Gasteiger partial charge on any atom is -0.496 e. The summed E-state index contributed by atoms with van der Waals surface area (Å²) >= 11 is 3.36. The second-order valence-electron chi connectivity index (χ2n) is 4.37. The lowest BCUT2D eigenvalue weighted by Gasteiger charge is -2.08. The molecule has 0 atom stereocenters. The van der Waals surface area contributed by atoms with Gasteiger partial charge in [0.1, 0.15) is 11.5 Å². The lowest BCUT2D eigenvalue weighted by molar-refractivity contribution is 0.0921. The molecule has 2 rings (SSSR count). The van der Waals surface area contributed by atoms with E-state index in [1.807, 2.05) is 31.2 Å². The molecular weight excluding hydrogens is 320 g/mol. The molecule has 3 nitrogen and oxygen atoms in total. The molecule has 0 radical (unpaired) electrons. The highest BCUT2D eigenvalue weighted by molar-refractivity contribution is 9.10. The normalized spacial score (nSPS) is 10.2. The van der Waals surface area contributed by atoms with Gasteiger partial charge in [-0.1, -0.05) is 17.7 Å². The Balaban J connectivity index is 2.01. The highest BCUT2D eigenvalue weighted by Gasteiger charge is 2.09. The maximum atomic E-state index is 12.1. The number of hydrogen-bond donors (Lipinski definition) is 0. The molecule has 0 aliphatic rings. The minimum atomic E-state index is -0.0751. The van der Waals surface area contributed by atoms with Crippen LogP contribution in [0, 0.1) is 6.92 Å². The Morgan fingerprint density at radius 3 is 2.45 bits per heavy atom. The lowest BCUT2D eigenvalue weighted by Crippen LogP contribution is -2.11. The molecule has 0 heterocycles. The van der Waals surface area contributed by atoms with Crippen LogP contribution >= 0.6 is 15.9 Å². The van der Waals surface area contributed by atoms with Gasteiger partial charge in [0, 0.05) is 5.56 Å². The fraction of sp³-hybridized carbons (Fsp3) is 0.188. The molecule has 20 heavy (non-hydrogen) atoms. The van der Waals surface area contributed by atoms with E-state index in [0.717, 1.165) is 10.0 Å². The Hall–Kier alpha value is -1.81. The largest absolute Gasteiger partial charge is 0.496 e. The first-order valence-electron chi connectivity index (χ1n) is 6.16. The Kier molecular flexibility index (Phi) is 4.79. The van der Waals surface area contributed by atoms with Gasteiger partial charge < -0.3 is 9.47 Å². The molecule has 0 aliphatic heterocycles. The number of halogens is 1. The van der Waals surface area contributed by atoms with E-state index in [1.165, 1.54) is 0 Å². The van der Waals surface area contributed by atoms with Crippen LogP contribution in [0.15, 0.2) is 46.9 Å². The molecule has 0 fully saturated rings. The maximum Gasteiger partial charge on any atom is 0.200 e. The third-order valence-corrected chi connectivity index (χ3v) is 3.48. The molecule has 0 spiro atoms. The molecular formula is C16H15BrO3. The van der Waals surface area contributed by atoms with Crippen molar-refractivity contribution in [2.75, 3.05) is 13.7 Å². The summed E-state index contributed by atoms with van der Waals surface area (Å²) in [6, 6.07) is 12.8. The van der Waals surface area contributed by atoms with Crippen LogP contribution in [0.4, 0.5) is 0 Å². The molecule has 0 aromatic heterocycles. The predicted octanol–water partition coefficient (Wildman–Crippen LogP) is 4.03. The first-order chi connectivity index (χ1) is 9.60. The number of ether oxygens (including phenoxy) is 2. The Morgan fingerprint density at radius 2 is 1.85 bits per heavy atom. The van der Waals surface area contributed by atoms with E-state index in [1.54, 1.807) is 25.3 Å². The van der Waals surface area contributed by atoms with Crippen molar-refractivity contribution in [1.82, 2.24) is 0 Å². The topological polar surface area (TPSA) is 35.5 Å². The van der Waals surface area contributed by atoms with Gasteiger partial charge in [-0.05, 0) is 53.2 Å². The van der Waals surface area contributed by atoms with Crippen LogP contribution in [-0.2, 0) is 0 Å². The third-order valence-electron chi connectivity index (χ3n) is 2.86. The van der Waals surface area contributed by atoms with Crippen LogP contribution in [-0.4, -0.2) is 19.5 Å². The maximum absolute atomic E-state index is 12.1. The highest BCUT2D eigenvalue weighted by atomic mass is 79.9. The van der Waals surface area contributed by atoms with Gasteiger partial charge in [-0.3, -0.25) is 4.79 Å². The van der Waals surface area contributed by atoms with Crippen molar-refractivity contribution < 1.29 is 14.3 Å². The number of ketones is 1. The molecule has 104 valence electrons. The fourth-order valence-electron chi connectivity index (χ4n) is 1.71. The second kappa shape index (κ2) is 6.57. The fourth-order valence-corrected chi connectivity index (χ4v) is 2.25. The summed E-state index contributed by atoms with van der Waals surface area (Å²) in [6.45, 7) is 2.02. The first-order valence-corrected chi connectivity index (χ1v) is 6.95. The Labute approximate surface area is 126 Å². The van der Waals surface area contributed by atoms with Crippen molar-refractivity contribution in [3.05, 3.63) is 58.1 Å². The lowest BCUT2D eigenvalue weighted by atomic mass is 10.1. The zero-order valence-corrected chi connectivity index (χ0v) is 12.9. The average molecular weight is 335 g/mol. The summed E-state index contributed by atoms with van der Waals surface area (Å²) in [4.78, 5) is 12.1. The zero-order chi connectivity index (χ0) is 14.5. The number of rotatable bonds is 5. The summed E-state index contributed by atoms with van der Waals surface area (Å²) in [5.74, 6) is 1.31. The number of carbonyl (C=O) groups excluding carboxylic acids is 1. The van der Waals surface area contributed by atoms with E-state index in [4.69, 9.17) is 9.47 Å². The van der Waals surface area contributed by atoms with Gasteiger partial charge in [-0.2, -0.15) is 0 Å². The highest BCUT2D eigenvalue weighted by Crippen LogP contribution is 2.25. The standard InChI is InChI=1S/C16H15BrO3/c1-11-3-6-13(7-4-11)20-10-15(18)12-5-8-16(19-2)14(17)9-12/h3-9H,10H2,1-2H3. The van der Waals surface area contributed by atoms with Crippen molar-refractivity contribution in [3.8, 4) is 11.5 Å². The van der Waals surface area contributed by atoms with E-state index in [9.17, 15) is 4.79 Å². The molecule has 0 N–H and O–H groups in total. The van der Waals surface area contributed by atoms with Crippen molar-refractivity contribution in [3.63, 3.8) is 0 Å².